The largest absolute Gasteiger partial charge is 0.462 e. The molecule has 0 rings (SSSR count). The van der Waals surface area contributed by atoms with Gasteiger partial charge in [-0.1, -0.05) is 6.92 Å². The molecule has 0 amide bonds. The molecule has 130 valence electrons. The number of aliphatic hydroxyl groups is 2. The summed E-state index contributed by atoms with van der Waals surface area (Å²) in [6, 6.07) is 0. The summed E-state index contributed by atoms with van der Waals surface area (Å²) >= 11 is 2.86. The summed E-state index contributed by atoms with van der Waals surface area (Å²) in [5, 5.41) is 19.2. The zero-order valence-corrected chi connectivity index (χ0v) is 14.8. The summed E-state index contributed by atoms with van der Waals surface area (Å²) in [7, 11) is 0. The monoisotopic (exact) mass is 354 g/mol. The maximum absolute atomic E-state index is 11.4. The Morgan fingerprint density at radius 1 is 1.00 bits per heavy atom. The number of hydrogen-bond donors (Lipinski definition) is 2. The third-order valence-electron chi connectivity index (χ3n) is 2.58. The fourth-order valence-electron chi connectivity index (χ4n) is 1.41. The molecule has 0 aromatic rings. The van der Waals surface area contributed by atoms with Crippen LogP contribution in [-0.4, -0.2) is 71.1 Å². The van der Waals surface area contributed by atoms with E-state index in [9.17, 15) is 19.8 Å². The van der Waals surface area contributed by atoms with Crippen LogP contribution in [0.25, 0.3) is 0 Å². The predicted octanol–water partition coefficient (Wildman–Crippen LogP) is 1.08. The molecule has 0 saturated carbocycles. The lowest BCUT2D eigenvalue weighted by Gasteiger charge is -2.16. The second-order valence-electron chi connectivity index (χ2n) is 4.61. The highest BCUT2D eigenvalue weighted by atomic mass is 32.2. The van der Waals surface area contributed by atoms with Crippen LogP contribution in [0.4, 0.5) is 0 Å². The number of thioether (sulfide) groups is 2. The fourth-order valence-corrected chi connectivity index (χ4v) is 2.92. The van der Waals surface area contributed by atoms with Crippen LogP contribution in [0, 0.1) is 0 Å². The zero-order valence-electron chi connectivity index (χ0n) is 13.2. The molecule has 0 aromatic carbocycles. The first-order chi connectivity index (χ1) is 10.5. The molecule has 0 heterocycles. The van der Waals surface area contributed by atoms with E-state index >= 15 is 0 Å². The fraction of sp³-hybridized carbons (Fsp3) is 0.857. The Morgan fingerprint density at radius 3 is 2.09 bits per heavy atom. The highest BCUT2D eigenvalue weighted by molar-refractivity contribution is 7.99. The van der Waals surface area contributed by atoms with E-state index in [4.69, 9.17) is 9.47 Å². The summed E-state index contributed by atoms with van der Waals surface area (Å²) in [5.74, 6) is 0.729. The summed E-state index contributed by atoms with van der Waals surface area (Å²) in [4.78, 5) is 22.5. The minimum atomic E-state index is -0.786. The Morgan fingerprint density at radius 2 is 1.55 bits per heavy atom. The van der Waals surface area contributed by atoms with Crippen LogP contribution < -0.4 is 0 Å². The Bertz CT molecular complexity index is 314. The Kier molecular flexibility index (Phi) is 13.9. The standard InChI is InChI=1S/C14H26O6S2/c1-3-4-13(17)19-6-7-20-14(18)5-8-22-10-12(16)11(15)9-21-2/h11-12,15-16H,3-10H2,1-2H3. The zero-order chi connectivity index (χ0) is 16.8. The van der Waals surface area contributed by atoms with Crippen LogP contribution in [0.5, 0.6) is 0 Å². The number of hydrogen-bond acceptors (Lipinski definition) is 8. The molecule has 2 unspecified atom stereocenters. The third kappa shape index (κ3) is 12.1. The lowest BCUT2D eigenvalue weighted by Crippen LogP contribution is -2.30. The Balaban J connectivity index is 3.52. The molecule has 0 radical (unpaired) electrons. The first-order valence-electron chi connectivity index (χ1n) is 7.25. The number of aliphatic hydroxyl groups excluding tert-OH is 2. The highest BCUT2D eigenvalue weighted by Gasteiger charge is 2.15. The molecule has 8 heteroatoms. The van der Waals surface area contributed by atoms with Crippen LogP contribution in [-0.2, 0) is 19.1 Å². The van der Waals surface area contributed by atoms with Gasteiger partial charge in [-0.25, -0.2) is 0 Å². The van der Waals surface area contributed by atoms with Crippen molar-refractivity contribution in [2.75, 3.05) is 36.7 Å². The molecule has 0 saturated heterocycles. The minimum absolute atomic E-state index is 0.0635. The number of esters is 2. The molecule has 0 aliphatic carbocycles. The number of carbonyl (C=O) groups is 2. The molecule has 22 heavy (non-hydrogen) atoms. The van der Waals surface area contributed by atoms with E-state index < -0.39 is 12.2 Å². The van der Waals surface area contributed by atoms with Crippen molar-refractivity contribution in [1.82, 2.24) is 0 Å². The van der Waals surface area contributed by atoms with Crippen LogP contribution in [0.1, 0.15) is 26.2 Å². The topological polar surface area (TPSA) is 93.1 Å². The molecular formula is C14H26O6S2. The normalized spacial score (nSPS) is 13.5. The number of carbonyl (C=O) groups excluding carboxylic acids is 2. The SMILES string of the molecule is CCCC(=O)OCCOC(=O)CCSCC(O)C(O)CSC. The van der Waals surface area contributed by atoms with Crippen LogP contribution >= 0.6 is 23.5 Å². The van der Waals surface area contributed by atoms with Gasteiger partial charge in [0.2, 0.25) is 0 Å². The molecule has 0 fully saturated rings. The van der Waals surface area contributed by atoms with Crippen molar-refractivity contribution in [3.05, 3.63) is 0 Å². The summed E-state index contributed by atoms with van der Waals surface area (Å²) in [6.07, 6.45) is 1.65. The molecular weight excluding hydrogens is 328 g/mol. The van der Waals surface area contributed by atoms with Gasteiger partial charge in [0.15, 0.2) is 0 Å². The first kappa shape index (κ1) is 21.6. The van der Waals surface area contributed by atoms with Crippen molar-refractivity contribution in [3.63, 3.8) is 0 Å². The van der Waals surface area contributed by atoms with E-state index in [0.717, 1.165) is 6.42 Å². The van der Waals surface area contributed by atoms with E-state index in [1.807, 2.05) is 13.2 Å². The quantitative estimate of drug-likeness (QED) is 0.375. The smallest absolute Gasteiger partial charge is 0.306 e. The van der Waals surface area contributed by atoms with Crippen LogP contribution in [0.15, 0.2) is 0 Å². The molecule has 0 aromatic heterocycles. The average Bonchev–Trinajstić information content (AvgIpc) is 2.48. The van der Waals surface area contributed by atoms with Gasteiger partial charge < -0.3 is 19.7 Å². The Labute approximate surface area is 140 Å². The van der Waals surface area contributed by atoms with Gasteiger partial charge in [-0.2, -0.15) is 23.5 Å². The van der Waals surface area contributed by atoms with Gasteiger partial charge in [0.1, 0.15) is 13.2 Å². The maximum Gasteiger partial charge on any atom is 0.306 e. The maximum atomic E-state index is 11.4. The van der Waals surface area contributed by atoms with E-state index in [1.54, 1.807) is 0 Å². The third-order valence-corrected chi connectivity index (χ3v) is 4.33. The Hall–Kier alpha value is -0.440. The molecule has 0 spiro atoms. The van der Waals surface area contributed by atoms with Crippen molar-refractivity contribution >= 4 is 35.5 Å². The summed E-state index contributed by atoms with van der Waals surface area (Å²) in [5.41, 5.74) is 0. The summed E-state index contributed by atoms with van der Waals surface area (Å²) < 4.78 is 9.77. The number of ether oxygens (including phenoxy) is 2. The van der Waals surface area contributed by atoms with E-state index in [-0.39, 0.29) is 31.6 Å². The lowest BCUT2D eigenvalue weighted by molar-refractivity contribution is -0.152. The second-order valence-corrected chi connectivity index (χ2v) is 6.67. The second kappa shape index (κ2) is 14.2. The van der Waals surface area contributed by atoms with Crippen LogP contribution in [0.2, 0.25) is 0 Å². The molecule has 2 N–H and O–H groups in total. The first-order valence-corrected chi connectivity index (χ1v) is 9.80. The van der Waals surface area contributed by atoms with Gasteiger partial charge in [-0.3, -0.25) is 9.59 Å². The van der Waals surface area contributed by atoms with Crippen LogP contribution in [0.3, 0.4) is 0 Å². The summed E-state index contributed by atoms with van der Waals surface area (Å²) in [6.45, 7) is 2.03. The average molecular weight is 354 g/mol. The van der Waals surface area contributed by atoms with Crippen molar-refractivity contribution in [1.29, 1.82) is 0 Å². The lowest BCUT2D eigenvalue weighted by atomic mass is 10.3. The van der Waals surface area contributed by atoms with Crippen molar-refractivity contribution in [3.8, 4) is 0 Å². The van der Waals surface area contributed by atoms with E-state index in [0.29, 0.717) is 23.7 Å². The van der Waals surface area contributed by atoms with Gasteiger partial charge in [0.05, 0.1) is 18.6 Å². The highest BCUT2D eigenvalue weighted by Crippen LogP contribution is 2.10. The van der Waals surface area contributed by atoms with Crippen molar-refractivity contribution in [2.24, 2.45) is 0 Å². The molecule has 0 aliphatic heterocycles. The van der Waals surface area contributed by atoms with Gasteiger partial charge in [0.25, 0.3) is 0 Å². The molecule has 6 nitrogen and oxygen atoms in total. The molecule has 2 atom stereocenters. The van der Waals surface area contributed by atoms with E-state index in [2.05, 4.69) is 0 Å². The van der Waals surface area contributed by atoms with Crippen molar-refractivity contribution in [2.45, 2.75) is 38.4 Å². The minimum Gasteiger partial charge on any atom is -0.462 e. The van der Waals surface area contributed by atoms with Gasteiger partial charge >= 0.3 is 11.9 Å². The predicted molar refractivity (Wildman–Crippen MR) is 89.2 cm³/mol. The van der Waals surface area contributed by atoms with E-state index in [1.165, 1.54) is 23.5 Å². The molecule has 0 bridgehead atoms. The van der Waals surface area contributed by atoms with Crippen molar-refractivity contribution < 1.29 is 29.3 Å². The van der Waals surface area contributed by atoms with Gasteiger partial charge in [-0.05, 0) is 12.7 Å². The van der Waals surface area contributed by atoms with Gasteiger partial charge in [0, 0.05) is 23.7 Å². The number of rotatable bonds is 13. The molecule has 0 aliphatic rings. The van der Waals surface area contributed by atoms with Gasteiger partial charge in [-0.15, -0.1) is 0 Å².